The van der Waals surface area contributed by atoms with Crippen LogP contribution in [0.4, 0.5) is 13.2 Å². The highest BCUT2D eigenvalue weighted by Gasteiger charge is 2.31. The Morgan fingerprint density at radius 1 is 0.921 bits per heavy atom. The van der Waals surface area contributed by atoms with Crippen molar-refractivity contribution < 1.29 is 17.9 Å². The molecular weight excluding hydrogens is 491 g/mol. The van der Waals surface area contributed by atoms with Gasteiger partial charge in [-0.05, 0) is 66.6 Å². The summed E-state index contributed by atoms with van der Waals surface area (Å²) in [6, 6.07) is 26.5. The lowest BCUT2D eigenvalue weighted by Gasteiger charge is -2.12. The molecule has 190 valence electrons. The van der Waals surface area contributed by atoms with Crippen LogP contribution in [0.2, 0.25) is 0 Å². The summed E-state index contributed by atoms with van der Waals surface area (Å²) >= 11 is 0. The number of ether oxygens (including phenoxy) is 1. The van der Waals surface area contributed by atoms with E-state index in [4.69, 9.17) is 4.74 Å². The standard InChI is InChI=1S/C30H22F3N3O2/c1-20-9-11-22(12-10-20)19-38-25-15-13-21(14-16-25)18-34-36-28(23-5-4-6-24(17-23)30(31,32)33)35-27-8-3-2-7-26(27)29(36)37/h2-18H,19H2,1H3. The molecule has 0 aliphatic heterocycles. The Bertz CT molecular complexity index is 1670. The Kier molecular flexibility index (Phi) is 6.79. The van der Waals surface area contributed by atoms with Crippen LogP contribution in [0.3, 0.4) is 0 Å². The molecule has 0 fully saturated rings. The lowest BCUT2D eigenvalue weighted by atomic mass is 10.1. The second kappa shape index (κ2) is 10.3. The molecule has 0 bridgehead atoms. The van der Waals surface area contributed by atoms with Gasteiger partial charge in [-0.15, -0.1) is 0 Å². The zero-order chi connectivity index (χ0) is 26.7. The first kappa shape index (κ1) is 25.0. The van der Waals surface area contributed by atoms with E-state index < -0.39 is 17.3 Å². The topological polar surface area (TPSA) is 56.5 Å². The van der Waals surface area contributed by atoms with E-state index in [0.717, 1.165) is 22.4 Å². The Hall–Kier alpha value is -4.72. The van der Waals surface area contributed by atoms with Crippen LogP contribution in [0.1, 0.15) is 22.3 Å². The molecule has 0 radical (unpaired) electrons. The van der Waals surface area contributed by atoms with Gasteiger partial charge in [0.2, 0.25) is 0 Å². The molecule has 0 aliphatic rings. The number of para-hydroxylation sites is 1. The molecule has 0 aliphatic carbocycles. The first-order chi connectivity index (χ1) is 18.3. The highest BCUT2D eigenvalue weighted by atomic mass is 19.4. The highest BCUT2D eigenvalue weighted by molar-refractivity contribution is 5.82. The van der Waals surface area contributed by atoms with Crippen LogP contribution < -0.4 is 10.3 Å². The van der Waals surface area contributed by atoms with Gasteiger partial charge in [-0.25, -0.2) is 4.98 Å². The first-order valence-corrected chi connectivity index (χ1v) is 11.8. The number of alkyl halides is 3. The van der Waals surface area contributed by atoms with E-state index in [-0.39, 0.29) is 11.4 Å². The molecule has 0 saturated heterocycles. The fraction of sp³-hybridized carbons (Fsp3) is 0.100. The summed E-state index contributed by atoms with van der Waals surface area (Å²) in [6.07, 6.45) is -3.08. The molecule has 0 unspecified atom stereocenters. The Morgan fingerprint density at radius 2 is 1.66 bits per heavy atom. The Labute approximate surface area is 216 Å². The van der Waals surface area contributed by atoms with Crippen molar-refractivity contribution in [3.8, 4) is 17.1 Å². The fourth-order valence-corrected chi connectivity index (χ4v) is 3.88. The van der Waals surface area contributed by atoms with Gasteiger partial charge in [-0.1, -0.05) is 54.1 Å². The summed E-state index contributed by atoms with van der Waals surface area (Å²) in [6.45, 7) is 2.45. The van der Waals surface area contributed by atoms with Crippen molar-refractivity contribution in [1.82, 2.24) is 9.66 Å². The van der Waals surface area contributed by atoms with Crippen molar-refractivity contribution in [2.24, 2.45) is 5.10 Å². The summed E-state index contributed by atoms with van der Waals surface area (Å²) in [5.74, 6) is 0.672. The molecule has 0 saturated carbocycles. The molecule has 38 heavy (non-hydrogen) atoms. The summed E-state index contributed by atoms with van der Waals surface area (Å²) < 4.78 is 46.9. The van der Waals surface area contributed by atoms with Crippen LogP contribution in [-0.2, 0) is 12.8 Å². The Morgan fingerprint density at radius 3 is 2.39 bits per heavy atom. The molecule has 1 aromatic heterocycles. The minimum atomic E-state index is -4.54. The normalized spacial score (nSPS) is 11.8. The van der Waals surface area contributed by atoms with Crippen LogP contribution >= 0.6 is 0 Å². The van der Waals surface area contributed by atoms with Gasteiger partial charge >= 0.3 is 6.18 Å². The van der Waals surface area contributed by atoms with E-state index in [0.29, 0.717) is 28.8 Å². The lowest BCUT2D eigenvalue weighted by molar-refractivity contribution is -0.137. The molecule has 0 atom stereocenters. The van der Waals surface area contributed by atoms with Crippen molar-refractivity contribution in [1.29, 1.82) is 0 Å². The minimum Gasteiger partial charge on any atom is -0.489 e. The van der Waals surface area contributed by atoms with E-state index in [1.165, 1.54) is 23.9 Å². The molecule has 0 spiro atoms. The van der Waals surface area contributed by atoms with Crippen LogP contribution in [0, 0.1) is 6.92 Å². The molecule has 1 heterocycles. The van der Waals surface area contributed by atoms with E-state index in [2.05, 4.69) is 10.1 Å². The quantitative estimate of drug-likeness (QED) is 0.233. The summed E-state index contributed by atoms with van der Waals surface area (Å²) in [7, 11) is 0. The number of aromatic nitrogens is 2. The van der Waals surface area contributed by atoms with Gasteiger partial charge in [0.1, 0.15) is 12.4 Å². The van der Waals surface area contributed by atoms with Crippen LogP contribution in [0.25, 0.3) is 22.3 Å². The largest absolute Gasteiger partial charge is 0.489 e. The molecule has 5 rings (SSSR count). The predicted octanol–water partition coefficient (Wildman–Crippen LogP) is 6.85. The predicted molar refractivity (Wildman–Crippen MR) is 141 cm³/mol. The van der Waals surface area contributed by atoms with Gasteiger partial charge in [0.15, 0.2) is 5.82 Å². The van der Waals surface area contributed by atoms with Gasteiger partial charge < -0.3 is 4.74 Å². The van der Waals surface area contributed by atoms with Crippen molar-refractivity contribution in [2.75, 3.05) is 0 Å². The first-order valence-electron chi connectivity index (χ1n) is 11.8. The fourth-order valence-electron chi connectivity index (χ4n) is 3.88. The summed E-state index contributed by atoms with van der Waals surface area (Å²) in [5, 5.41) is 4.63. The smallest absolute Gasteiger partial charge is 0.416 e. The van der Waals surface area contributed by atoms with E-state index in [1.807, 2.05) is 31.2 Å². The number of fused-ring (bicyclic) bond motifs is 1. The van der Waals surface area contributed by atoms with Crippen LogP contribution in [0.5, 0.6) is 5.75 Å². The SMILES string of the molecule is Cc1ccc(COc2ccc(C=Nn3c(-c4cccc(C(F)(F)F)c4)nc4ccccc4c3=O)cc2)cc1. The lowest BCUT2D eigenvalue weighted by Crippen LogP contribution is -2.20. The average Bonchev–Trinajstić information content (AvgIpc) is 2.92. The van der Waals surface area contributed by atoms with E-state index >= 15 is 0 Å². The minimum absolute atomic E-state index is 0.00843. The average molecular weight is 514 g/mol. The molecular formula is C30H22F3N3O2. The monoisotopic (exact) mass is 513 g/mol. The third-order valence-electron chi connectivity index (χ3n) is 5.93. The van der Waals surface area contributed by atoms with Gasteiger partial charge in [-0.3, -0.25) is 4.79 Å². The molecule has 0 amide bonds. The number of aryl methyl sites for hydroxylation is 1. The third kappa shape index (κ3) is 5.49. The van der Waals surface area contributed by atoms with Crippen molar-refractivity contribution in [2.45, 2.75) is 19.7 Å². The van der Waals surface area contributed by atoms with Crippen molar-refractivity contribution in [3.63, 3.8) is 0 Å². The van der Waals surface area contributed by atoms with E-state index in [9.17, 15) is 18.0 Å². The van der Waals surface area contributed by atoms with Crippen LogP contribution in [0.15, 0.2) is 107 Å². The zero-order valence-electron chi connectivity index (χ0n) is 20.3. The maximum atomic E-state index is 13.4. The molecule has 5 nitrogen and oxygen atoms in total. The summed E-state index contributed by atoms with van der Waals surface area (Å²) in [5.41, 5.74) is 2.06. The third-order valence-corrected chi connectivity index (χ3v) is 5.93. The number of rotatable bonds is 6. The van der Waals surface area contributed by atoms with Gasteiger partial charge in [0.05, 0.1) is 22.7 Å². The second-order valence-corrected chi connectivity index (χ2v) is 8.74. The maximum absolute atomic E-state index is 13.4. The van der Waals surface area contributed by atoms with Gasteiger partial charge in [0.25, 0.3) is 5.56 Å². The molecule has 0 N–H and O–H groups in total. The van der Waals surface area contributed by atoms with Crippen molar-refractivity contribution in [3.05, 3.63) is 130 Å². The second-order valence-electron chi connectivity index (χ2n) is 8.74. The molecule has 5 aromatic rings. The number of nitrogens with zero attached hydrogens (tertiary/aromatic N) is 3. The van der Waals surface area contributed by atoms with Gasteiger partial charge in [-0.2, -0.15) is 22.9 Å². The summed E-state index contributed by atoms with van der Waals surface area (Å²) in [4.78, 5) is 17.8. The van der Waals surface area contributed by atoms with Crippen LogP contribution in [-0.4, -0.2) is 15.9 Å². The number of hydrogen-bond donors (Lipinski definition) is 0. The maximum Gasteiger partial charge on any atom is 0.416 e. The number of hydrogen-bond acceptors (Lipinski definition) is 4. The van der Waals surface area contributed by atoms with E-state index in [1.54, 1.807) is 48.5 Å². The van der Waals surface area contributed by atoms with Gasteiger partial charge in [0, 0.05) is 5.56 Å². The number of halogens is 3. The van der Waals surface area contributed by atoms with Crippen molar-refractivity contribution >= 4 is 17.1 Å². The molecule has 8 heteroatoms. The Balaban J connectivity index is 1.46. The highest BCUT2D eigenvalue weighted by Crippen LogP contribution is 2.32. The number of benzene rings is 4. The molecule has 4 aromatic carbocycles. The zero-order valence-corrected chi connectivity index (χ0v) is 20.3.